The molecule has 1 atom stereocenters. The molecule has 1 aliphatic heterocycles. The van der Waals surface area contributed by atoms with E-state index in [0.717, 1.165) is 19.4 Å². The van der Waals surface area contributed by atoms with Crippen molar-refractivity contribution in [2.24, 2.45) is 0 Å². The molecule has 1 fully saturated rings. The molecule has 1 saturated heterocycles. The summed E-state index contributed by atoms with van der Waals surface area (Å²) < 4.78 is 1.77. The molecule has 2 aliphatic rings. The third-order valence-electron chi connectivity index (χ3n) is 5.47. The summed E-state index contributed by atoms with van der Waals surface area (Å²) in [5.74, 6) is -0.135. The lowest BCUT2D eigenvalue weighted by Crippen LogP contribution is -2.59. The van der Waals surface area contributed by atoms with E-state index in [0.29, 0.717) is 19.6 Å². The van der Waals surface area contributed by atoms with Gasteiger partial charge in [0, 0.05) is 38.1 Å². The molecular weight excluding hydrogens is 342 g/mol. The number of rotatable bonds is 6. The van der Waals surface area contributed by atoms with Gasteiger partial charge in [0.2, 0.25) is 11.8 Å². The summed E-state index contributed by atoms with van der Waals surface area (Å²) in [4.78, 5) is 27.1. The Morgan fingerprint density at radius 2 is 2.00 bits per heavy atom. The molecule has 2 amide bonds. The van der Waals surface area contributed by atoms with Gasteiger partial charge in [0.25, 0.3) is 0 Å². The van der Waals surface area contributed by atoms with Crippen LogP contribution in [0.5, 0.6) is 0 Å². The Hall–Kier alpha value is -2.67. The maximum atomic E-state index is 12.5. The van der Waals surface area contributed by atoms with E-state index in [1.165, 1.54) is 11.1 Å². The molecule has 1 aromatic carbocycles. The van der Waals surface area contributed by atoms with Crippen LogP contribution >= 0.6 is 0 Å². The number of benzene rings is 1. The zero-order chi connectivity index (χ0) is 18.6. The van der Waals surface area contributed by atoms with E-state index in [4.69, 9.17) is 0 Å². The lowest BCUT2D eigenvalue weighted by molar-refractivity contribution is -0.135. The van der Waals surface area contributed by atoms with Crippen LogP contribution in [0.1, 0.15) is 17.5 Å². The fraction of sp³-hybridized carbons (Fsp3) is 0.450. The normalized spacial score (nSPS) is 20.3. The minimum Gasteiger partial charge on any atom is -0.354 e. The first-order valence-corrected chi connectivity index (χ1v) is 9.55. The van der Waals surface area contributed by atoms with Crippen molar-refractivity contribution in [2.75, 3.05) is 19.6 Å². The highest BCUT2D eigenvalue weighted by Crippen LogP contribution is 2.28. The van der Waals surface area contributed by atoms with E-state index < -0.39 is 6.04 Å². The van der Waals surface area contributed by atoms with E-state index in [1.807, 2.05) is 12.3 Å². The van der Waals surface area contributed by atoms with Crippen molar-refractivity contribution in [3.63, 3.8) is 0 Å². The Balaban J connectivity index is 1.35. The minimum atomic E-state index is -0.400. The van der Waals surface area contributed by atoms with Crippen LogP contribution < -0.4 is 10.6 Å². The molecular formula is C20H25N5O2. The van der Waals surface area contributed by atoms with Gasteiger partial charge in [0.1, 0.15) is 0 Å². The largest absolute Gasteiger partial charge is 0.354 e. The lowest BCUT2D eigenvalue weighted by atomic mass is 10.0. The highest BCUT2D eigenvalue weighted by molar-refractivity contribution is 5.88. The van der Waals surface area contributed by atoms with Crippen molar-refractivity contribution >= 4 is 11.8 Å². The molecule has 0 spiro atoms. The van der Waals surface area contributed by atoms with Gasteiger partial charge in [-0.3, -0.25) is 19.2 Å². The molecule has 7 heteroatoms. The van der Waals surface area contributed by atoms with E-state index in [1.54, 1.807) is 10.9 Å². The second-order valence-electron chi connectivity index (χ2n) is 7.20. The topological polar surface area (TPSA) is 79.3 Å². The number of amides is 2. The molecule has 0 saturated carbocycles. The molecule has 142 valence electrons. The minimum absolute atomic E-state index is 0.0422. The Bertz CT molecular complexity index is 779. The van der Waals surface area contributed by atoms with Crippen LogP contribution in [0, 0.1) is 0 Å². The summed E-state index contributed by atoms with van der Waals surface area (Å²) in [5.41, 5.74) is 2.71. The number of aromatic nitrogens is 2. The summed E-state index contributed by atoms with van der Waals surface area (Å²) in [6, 6.07) is 10.2. The van der Waals surface area contributed by atoms with Gasteiger partial charge < -0.3 is 10.6 Å². The molecule has 4 rings (SSSR count). The number of carbonyl (C=O) groups is 2. The third kappa shape index (κ3) is 4.03. The predicted molar refractivity (Wildman–Crippen MR) is 101 cm³/mol. The van der Waals surface area contributed by atoms with E-state index in [9.17, 15) is 9.59 Å². The van der Waals surface area contributed by atoms with Crippen LogP contribution in [0.2, 0.25) is 0 Å². The van der Waals surface area contributed by atoms with Gasteiger partial charge in [-0.15, -0.1) is 0 Å². The SMILES string of the molecule is O=C(C[C@H]1C(=O)NCCN1C1Cc2ccccc2C1)NCCn1cccn1. The summed E-state index contributed by atoms with van der Waals surface area (Å²) in [6.07, 6.45) is 5.66. The van der Waals surface area contributed by atoms with Crippen LogP contribution in [-0.4, -0.2) is 58.2 Å². The number of fused-ring (bicyclic) bond motifs is 1. The quantitative estimate of drug-likeness (QED) is 0.773. The first-order valence-electron chi connectivity index (χ1n) is 9.55. The lowest BCUT2D eigenvalue weighted by Gasteiger charge is -2.38. The highest BCUT2D eigenvalue weighted by atomic mass is 16.2. The molecule has 0 bridgehead atoms. The number of nitrogens with one attached hydrogen (secondary N) is 2. The van der Waals surface area contributed by atoms with Gasteiger partial charge in [-0.1, -0.05) is 24.3 Å². The van der Waals surface area contributed by atoms with Crippen LogP contribution in [-0.2, 0) is 29.0 Å². The second-order valence-corrected chi connectivity index (χ2v) is 7.20. The van der Waals surface area contributed by atoms with E-state index in [2.05, 4.69) is 44.9 Å². The molecule has 27 heavy (non-hydrogen) atoms. The van der Waals surface area contributed by atoms with Crippen LogP contribution in [0.25, 0.3) is 0 Å². The average molecular weight is 367 g/mol. The Labute approximate surface area is 158 Å². The van der Waals surface area contributed by atoms with Gasteiger partial charge >= 0.3 is 0 Å². The Morgan fingerprint density at radius 3 is 2.70 bits per heavy atom. The number of hydrogen-bond acceptors (Lipinski definition) is 4. The number of carbonyl (C=O) groups excluding carboxylic acids is 2. The average Bonchev–Trinajstić information content (AvgIpc) is 3.32. The van der Waals surface area contributed by atoms with Gasteiger partial charge in [-0.05, 0) is 30.0 Å². The maximum Gasteiger partial charge on any atom is 0.237 e. The molecule has 0 radical (unpaired) electrons. The van der Waals surface area contributed by atoms with Crippen LogP contribution in [0.15, 0.2) is 42.7 Å². The van der Waals surface area contributed by atoms with Crippen molar-refractivity contribution < 1.29 is 9.59 Å². The highest BCUT2D eigenvalue weighted by Gasteiger charge is 2.37. The summed E-state index contributed by atoms with van der Waals surface area (Å²) in [5, 5.41) is 9.94. The van der Waals surface area contributed by atoms with Crippen LogP contribution in [0.4, 0.5) is 0 Å². The van der Waals surface area contributed by atoms with Gasteiger partial charge in [0.05, 0.1) is 19.0 Å². The van der Waals surface area contributed by atoms with Crippen molar-refractivity contribution in [2.45, 2.75) is 37.9 Å². The maximum absolute atomic E-state index is 12.5. The number of nitrogens with zero attached hydrogens (tertiary/aromatic N) is 3. The number of piperazine rings is 1. The van der Waals surface area contributed by atoms with Crippen LogP contribution in [0.3, 0.4) is 0 Å². The molecule has 2 heterocycles. The first-order chi connectivity index (χ1) is 13.2. The van der Waals surface area contributed by atoms with Crippen molar-refractivity contribution in [3.05, 3.63) is 53.9 Å². The Morgan fingerprint density at radius 1 is 1.22 bits per heavy atom. The van der Waals surface area contributed by atoms with Crippen molar-refractivity contribution in [3.8, 4) is 0 Å². The molecule has 2 N–H and O–H groups in total. The molecule has 0 unspecified atom stereocenters. The summed E-state index contributed by atoms with van der Waals surface area (Å²) in [6.45, 7) is 2.56. The fourth-order valence-corrected chi connectivity index (χ4v) is 4.14. The Kier molecular flexibility index (Phi) is 5.20. The monoisotopic (exact) mass is 367 g/mol. The van der Waals surface area contributed by atoms with Crippen molar-refractivity contribution in [1.82, 2.24) is 25.3 Å². The van der Waals surface area contributed by atoms with Gasteiger partial charge in [-0.2, -0.15) is 5.10 Å². The zero-order valence-corrected chi connectivity index (χ0v) is 15.3. The van der Waals surface area contributed by atoms with Gasteiger partial charge in [-0.25, -0.2) is 0 Å². The fourth-order valence-electron chi connectivity index (χ4n) is 4.14. The standard InChI is InChI=1S/C20H25N5O2/c26-19(21-7-10-24-9-3-6-23-24)14-18-20(27)22-8-11-25(18)17-12-15-4-1-2-5-16(15)13-17/h1-6,9,17-18H,7-8,10-14H2,(H,21,26)(H,22,27)/t18-/m0/s1. The predicted octanol–water partition coefficient (Wildman–Crippen LogP) is 0.357. The second kappa shape index (κ2) is 7.92. The molecule has 7 nitrogen and oxygen atoms in total. The molecule has 1 aliphatic carbocycles. The first kappa shape index (κ1) is 17.7. The molecule has 2 aromatic rings. The zero-order valence-electron chi connectivity index (χ0n) is 15.3. The summed E-state index contributed by atoms with van der Waals surface area (Å²) in [7, 11) is 0. The van der Waals surface area contributed by atoms with Gasteiger partial charge in [0.15, 0.2) is 0 Å². The molecule has 1 aromatic heterocycles. The van der Waals surface area contributed by atoms with Crippen molar-refractivity contribution in [1.29, 1.82) is 0 Å². The smallest absolute Gasteiger partial charge is 0.237 e. The third-order valence-corrected chi connectivity index (χ3v) is 5.47. The van der Waals surface area contributed by atoms with E-state index >= 15 is 0 Å². The number of hydrogen-bond donors (Lipinski definition) is 2. The summed E-state index contributed by atoms with van der Waals surface area (Å²) >= 11 is 0. The van der Waals surface area contributed by atoms with E-state index in [-0.39, 0.29) is 24.3 Å².